The monoisotopic (exact) mass is 383 g/mol. The smallest absolute Gasteiger partial charge is 0.247 e. The molecule has 0 aliphatic heterocycles. The summed E-state index contributed by atoms with van der Waals surface area (Å²) < 4.78 is 5.57. The van der Waals surface area contributed by atoms with Gasteiger partial charge >= 0.3 is 0 Å². The molecule has 0 saturated carbocycles. The zero-order valence-corrected chi connectivity index (χ0v) is 15.8. The third-order valence-corrected chi connectivity index (χ3v) is 4.28. The number of rotatable bonds is 6. The molecular formula is C22H19N6O+. The van der Waals surface area contributed by atoms with E-state index < -0.39 is 0 Å². The molecule has 0 fully saturated rings. The maximum atomic E-state index is 8.78. The second-order valence-electron chi connectivity index (χ2n) is 6.17. The van der Waals surface area contributed by atoms with E-state index >= 15 is 0 Å². The number of benzene rings is 1. The van der Waals surface area contributed by atoms with Gasteiger partial charge < -0.3 is 4.74 Å². The van der Waals surface area contributed by atoms with Gasteiger partial charge in [-0.15, -0.1) is 0 Å². The minimum Gasteiger partial charge on any atom is -0.480 e. The molecule has 0 atom stereocenters. The molecule has 7 nitrogen and oxygen atoms in total. The van der Waals surface area contributed by atoms with Crippen LogP contribution in [0.3, 0.4) is 0 Å². The van der Waals surface area contributed by atoms with Crippen LogP contribution in [-0.2, 0) is 0 Å². The molecule has 0 unspecified atom stereocenters. The van der Waals surface area contributed by atoms with E-state index in [1.54, 1.807) is 12.4 Å². The molecule has 0 aliphatic rings. The van der Waals surface area contributed by atoms with Crippen LogP contribution in [0.1, 0.15) is 11.1 Å². The number of nitrogens with one attached hydrogen (secondary N) is 1. The maximum Gasteiger partial charge on any atom is 0.247 e. The van der Waals surface area contributed by atoms with Crippen molar-refractivity contribution in [2.24, 2.45) is 0 Å². The highest BCUT2D eigenvalue weighted by atomic mass is 16.5. The summed E-state index contributed by atoms with van der Waals surface area (Å²) in [6.45, 7) is 0. The van der Waals surface area contributed by atoms with Crippen molar-refractivity contribution in [1.82, 2.24) is 19.9 Å². The molecule has 0 amide bonds. The highest BCUT2D eigenvalue weighted by Crippen LogP contribution is 2.27. The number of nitrogens with two attached hydrogens (primary N) is 1. The number of quaternary nitrogens is 1. The van der Waals surface area contributed by atoms with E-state index in [4.69, 9.17) is 15.1 Å². The summed E-state index contributed by atoms with van der Waals surface area (Å²) in [6.07, 6.45) is 3.40. The first-order valence-electron chi connectivity index (χ1n) is 9.04. The summed E-state index contributed by atoms with van der Waals surface area (Å²) in [4.78, 5) is 17.9. The maximum absolute atomic E-state index is 8.78. The van der Waals surface area contributed by atoms with Gasteiger partial charge in [0.2, 0.25) is 17.5 Å². The summed E-state index contributed by atoms with van der Waals surface area (Å²) >= 11 is 0. The average molecular weight is 383 g/mol. The Bertz CT molecular complexity index is 1120. The van der Waals surface area contributed by atoms with E-state index in [0.29, 0.717) is 28.8 Å². The van der Waals surface area contributed by atoms with Crippen molar-refractivity contribution in [1.29, 1.82) is 5.41 Å². The first-order chi connectivity index (χ1) is 14.3. The Morgan fingerprint density at radius 1 is 0.862 bits per heavy atom. The third-order valence-electron chi connectivity index (χ3n) is 4.28. The largest absolute Gasteiger partial charge is 0.480 e. The Balaban J connectivity index is 1.89. The molecule has 0 spiro atoms. The summed E-state index contributed by atoms with van der Waals surface area (Å²) in [5.41, 5.74) is 2.15. The van der Waals surface area contributed by atoms with Crippen molar-refractivity contribution in [2.45, 2.75) is 0 Å². The number of methoxy groups -OCH3 is 1. The molecule has 0 bridgehead atoms. The fourth-order valence-electron chi connectivity index (χ4n) is 2.90. The van der Waals surface area contributed by atoms with Crippen LogP contribution >= 0.6 is 0 Å². The minimum absolute atomic E-state index is 0.275. The number of aromatic nitrogens is 4. The van der Waals surface area contributed by atoms with Crippen molar-refractivity contribution >= 4 is 17.3 Å². The van der Waals surface area contributed by atoms with Crippen LogP contribution in [0.15, 0.2) is 79.1 Å². The van der Waals surface area contributed by atoms with Crippen molar-refractivity contribution < 1.29 is 10.1 Å². The van der Waals surface area contributed by atoms with E-state index in [2.05, 4.69) is 15.0 Å². The van der Waals surface area contributed by atoms with E-state index in [9.17, 15) is 0 Å². The normalized spacial score (nSPS) is 10.5. The minimum atomic E-state index is 0.275. The highest BCUT2D eigenvalue weighted by Gasteiger charge is 2.25. The second-order valence-corrected chi connectivity index (χ2v) is 6.17. The van der Waals surface area contributed by atoms with Crippen LogP contribution < -0.4 is 10.1 Å². The molecule has 0 saturated heterocycles. The van der Waals surface area contributed by atoms with E-state index in [1.165, 1.54) is 7.11 Å². The van der Waals surface area contributed by atoms with Gasteiger partial charge in [0.15, 0.2) is 5.82 Å². The number of pyridine rings is 2. The predicted molar refractivity (Wildman–Crippen MR) is 110 cm³/mol. The Labute approximate surface area is 168 Å². The lowest BCUT2D eigenvalue weighted by Gasteiger charge is -2.13. The molecular weight excluding hydrogens is 364 g/mol. The van der Waals surface area contributed by atoms with Gasteiger partial charge in [-0.2, -0.15) is 9.97 Å². The molecule has 29 heavy (non-hydrogen) atoms. The average Bonchev–Trinajstić information content (AvgIpc) is 2.80. The van der Waals surface area contributed by atoms with E-state index in [-0.39, 0.29) is 5.71 Å². The van der Waals surface area contributed by atoms with Gasteiger partial charge in [0, 0.05) is 24.0 Å². The summed E-state index contributed by atoms with van der Waals surface area (Å²) in [7, 11) is 1.54. The Morgan fingerprint density at radius 3 is 2.24 bits per heavy atom. The van der Waals surface area contributed by atoms with Gasteiger partial charge in [-0.25, -0.2) is 10.3 Å². The van der Waals surface area contributed by atoms with Crippen molar-refractivity contribution in [3.05, 3.63) is 90.3 Å². The van der Waals surface area contributed by atoms with Crippen LogP contribution in [0.4, 0.5) is 11.6 Å². The lowest BCUT2D eigenvalue weighted by atomic mass is 10.0. The number of hydrogen-bond acceptors (Lipinski definition) is 6. The van der Waals surface area contributed by atoms with E-state index in [1.807, 2.05) is 72.0 Å². The summed E-state index contributed by atoms with van der Waals surface area (Å²) in [5.74, 6) is 2.01. The Hall–Kier alpha value is -3.97. The van der Waals surface area contributed by atoms with Crippen LogP contribution in [0.25, 0.3) is 11.5 Å². The van der Waals surface area contributed by atoms with Crippen molar-refractivity contribution in [2.75, 3.05) is 7.11 Å². The molecule has 3 N–H and O–H groups in total. The quantitative estimate of drug-likeness (QED) is 0.499. The fourth-order valence-corrected chi connectivity index (χ4v) is 2.90. The molecule has 0 radical (unpaired) electrons. The standard InChI is InChI=1S/C22H18N6O/c1-29-22-18(19(23)15-9-3-2-4-10-15)21(26-17-12-6-8-14-25-17)27-20(28-22)16-11-5-7-13-24-16/h2-14,23H,1H3,(H,25,26,27,28)/p+1. The van der Waals surface area contributed by atoms with Gasteiger partial charge in [-0.3, -0.25) is 10.4 Å². The van der Waals surface area contributed by atoms with Crippen LogP contribution in [0, 0.1) is 5.41 Å². The zero-order chi connectivity index (χ0) is 20.1. The fraction of sp³-hybridized carbons (Fsp3) is 0.0455. The van der Waals surface area contributed by atoms with Crippen LogP contribution in [0.5, 0.6) is 5.88 Å². The van der Waals surface area contributed by atoms with Crippen molar-refractivity contribution in [3.63, 3.8) is 0 Å². The van der Waals surface area contributed by atoms with Gasteiger partial charge in [-0.05, 0) is 18.2 Å². The highest BCUT2D eigenvalue weighted by molar-refractivity contribution is 6.14. The lowest BCUT2D eigenvalue weighted by molar-refractivity contribution is -0.487. The van der Waals surface area contributed by atoms with Gasteiger partial charge in [0.05, 0.1) is 12.8 Å². The molecule has 4 rings (SSSR count). The summed E-state index contributed by atoms with van der Waals surface area (Å²) in [5, 5.41) is 10.6. The molecule has 7 heteroatoms. The molecule has 1 aromatic carbocycles. The number of hydrogen-bond donors (Lipinski definition) is 2. The second kappa shape index (κ2) is 8.37. The first kappa shape index (κ1) is 18.4. The van der Waals surface area contributed by atoms with Gasteiger partial charge in [0.1, 0.15) is 11.3 Å². The Morgan fingerprint density at radius 2 is 1.59 bits per heavy atom. The number of ether oxygens (including phenoxy) is 1. The molecule has 3 heterocycles. The van der Waals surface area contributed by atoms with Crippen molar-refractivity contribution in [3.8, 4) is 17.4 Å². The number of nitrogens with zero attached hydrogens (tertiary/aromatic N) is 4. The van der Waals surface area contributed by atoms with Crippen LogP contribution in [0.2, 0.25) is 0 Å². The molecule has 142 valence electrons. The Kier molecular flexibility index (Phi) is 5.31. The zero-order valence-electron chi connectivity index (χ0n) is 15.8. The summed E-state index contributed by atoms with van der Waals surface area (Å²) in [6, 6.07) is 20.6. The molecule has 0 aliphatic carbocycles. The molecule has 4 aromatic rings. The SMILES string of the molecule is COc1nc(-c2ccccn2)nc([NH2+]c2ccccn2)c1C(=N)c1ccccc1. The van der Waals surface area contributed by atoms with Gasteiger partial charge in [0.25, 0.3) is 0 Å². The van der Waals surface area contributed by atoms with Gasteiger partial charge in [-0.1, -0.05) is 42.5 Å². The molecule has 3 aromatic heterocycles. The lowest BCUT2D eigenvalue weighted by Crippen LogP contribution is -2.73. The topological polar surface area (TPSA) is 101 Å². The third kappa shape index (κ3) is 3.99. The predicted octanol–water partition coefficient (Wildman–Crippen LogP) is 2.88. The first-order valence-corrected chi connectivity index (χ1v) is 9.04. The van der Waals surface area contributed by atoms with Crippen LogP contribution in [-0.4, -0.2) is 32.8 Å². The van der Waals surface area contributed by atoms with E-state index in [0.717, 1.165) is 11.4 Å².